The molecule has 74 valence electrons. The summed E-state index contributed by atoms with van der Waals surface area (Å²) in [7, 11) is 0. The third-order valence-corrected chi connectivity index (χ3v) is 2.30. The van der Waals surface area contributed by atoms with Gasteiger partial charge in [0.15, 0.2) is 0 Å². The maximum atomic E-state index is 5.69. The fourth-order valence-corrected chi connectivity index (χ4v) is 1.30. The van der Waals surface area contributed by atoms with Gasteiger partial charge in [-0.05, 0) is 6.07 Å². The molecular formula is C9H13N5. The predicted octanol–water partition coefficient (Wildman–Crippen LogP) is 0.361. The smallest absolute Gasteiger partial charge is 0.254 e. The van der Waals surface area contributed by atoms with Crippen LogP contribution in [-0.2, 0) is 5.41 Å². The van der Waals surface area contributed by atoms with Crippen molar-refractivity contribution in [2.75, 3.05) is 6.54 Å². The number of nitrogens with zero attached hydrogens (tertiary/aromatic N) is 4. The van der Waals surface area contributed by atoms with Gasteiger partial charge in [-0.3, -0.25) is 4.40 Å². The molecule has 2 heterocycles. The zero-order valence-electron chi connectivity index (χ0n) is 8.31. The third kappa shape index (κ3) is 1.26. The lowest BCUT2D eigenvalue weighted by molar-refractivity contribution is 0.497. The molecule has 0 radical (unpaired) electrons. The van der Waals surface area contributed by atoms with Crippen LogP contribution in [0.15, 0.2) is 18.5 Å². The second-order valence-corrected chi connectivity index (χ2v) is 3.90. The van der Waals surface area contributed by atoms with E-state index < -0.39 is 0 Å². The van der Waals surface area contributed by atoms with Crippen molar-refractivity contribution in [2.45, 2.75) is 19.3 Å². The SMILES string of the molecule is CC(C)(CN)c1nnc2ncccn12. The first-order chi connectivity index (χ1) is 6.65. The molecule has 0 aliphatic carbocycles. The monoisotopic (exact) mass is 191 g/mol. The van der Waals surface area contributed by atoms with Gasteiger partial charge in [0.1, 0.15) is 5.82 Å². The van der Waals surface area contributed by atoms with Crippen molar-refractivity contribution in [3.8, 4) is 0 Å². The van der Waals surface area contributed by atoms with Gasteiger partial charge in [0, 0.05) is 24.4 Å². The molecule has 0 amide bonds. The Hall–Kier alpha value is -1.49. The average Bonchev–Trinajstić information content (AvgIpc) is 2.61. The highest BCUT2D eigenvalue weighted by molar-refractivity contribution is 5.28. The molecule has 0 saturated heterocycles. The Kier molecular flexibility index (Phi) is 1.96. The summed E-state index contributed by atoms with van der Waals surface area (Å²) in [5.41, 5.74) is 5.51. The highest BCUT2D eigenvalue weighted by atomic mass is 15.3. The van der Waals surface area contributed by atoms with Crippen LogP contribution in [0.5, 0.6) is 0 Å². The molecule has 0 bridgehead atoms. The van der Waals surface area contributed by atoms with E-state index in [0.29, 0.717) is 12.3 Å². The molecule has 14 heavy (non-hydrogen) atoms. The molecule has 0 aliphatic heterocycles. The number of hydrogen-bond acceptors (Lipinski definition) is 4. The van der Waals surface area contributed by atoms with E-state index in [1.54, 1.807) is 6.20 Å². The van der Waals surface area contributed by atoms with Crippen molar-refractivity contribution >= 4 is 5.78 Å². The number of aromatic nitrogens is 4. The molecule has 5 nitrogen and oxygen atoms in total. The van der Waals surface area contributed by atoms with Gasteiger partial charge < -0.3 is 5.73 Å². The molecule has 2 aromatic rings. The number of nitrogens with two attached hydrogens (primary N) is 1. The van der Waals surface area contributed by atoms with E-state index in [1.165, 1.54) is 0 Å². The minimum absolute atomic E-state index is 0.178. The molecular weight excluding hydrogens is 178 g/mol. The molecule has 0 unspecified atom stereocenters. The van der Waals surface area contributed by atoms with Crippen LogP contribution in [0, 0.1) is 0 Å². The lowest BCUT2D eigenvalue weighted by atomic mass is 9.93. The zero-order valence-corrected chi connectivity index (χ0v) is 8.31. The molecule has 0 fully saturated rings. The summed E-state index contributed by atoms with van der Waals surface area (Å²) < 4.78 is 1.87. The highest BCUT2D eigenvalue weighted by Crippen LogP contribution is 2.19. The van der Waals surface area contributed by atoms with E-state index in [2.05, 4.69) is 15.2 Å². The fourth-order valence-electron chi connectivity index (χ4n) is 1.30. The van der Waals surface area contributed by atoms with Crippen LogP contribution in [0.3, 0.4) is 0 Å². The molecule has 0 aromatic carbocycles. The van der Waals surface area contributed by atoms with Gasteiger partial charge in [-0.15, -0.1) is 10.2 Å². The largest absolute Gasteiger partial charge is 0.329 e. The Morgan fingerprint density at radius 2 is 2.21 bits per heavy atom. The van der Waals surface area contributed by atoms with Gasteiger partial charge in [-0.1, -0.05) is 13.8 Å². The summed E-state index contributed by atoms with van der Waals surface area (Å²) in [4.78, 5) is 4.10. The van der Waals surface area contributed by atoms with Crippen molar-refractivity contribution in [1.82, 2.24) is 19.6 Å². The number of hydrogen-bond donors (Lipinski definition) is 1. The minimum Gasteiger partial charge on any atom is -0.329 e. The average molecular weight is 191 g/mol. The van der Waals surface area contributed by atoms with Crippen molar-refractivity contribution in [2.24, 2.45) is 5.73 Å². The van der Waals surface area contributed by atoms with Gasteiger partial charge in [0.25, 0.3) is 5.78 Å². The van der Waals surface area contributed by atoms with Crippen LogP contribution < -0.4 is 5.73 Å². The van der Waals surface area contributed by atoms with E-state index in [-0.39, 0.29) is 5.41 Å². The molecule has 0 aliphatic rings. The lowest BCUT2D eigenvalue weighted by Crippen LogP contribution is -2.30. The van der Waals surface area contributed by atoms with E-state index in [4.69, 9.17) is 5.73 Å². The number of rotatable bonds is 2. The van der Waals surface area contributed by atoms with Crippen LogP contribution in [0.25, 0.3) is 5.78 Å². The summed E-state index contributed by atoms with van der Waals surface area (Å²) in [5, 5.41) is 8.09. The summed E-state index contributed by atoms with van der Waals surface area (Å²) in [6.07, 6.45) is 3.60. The van der Waals surface area contributed by atoms with Crippen LogP contribution in [0.2, 0.25) is 0 Å². The molecule has 2 N–H and O–H groups in total. The minimum atomic E-state index is -0.178. The fraction of sp³-hybridized carbons (Fsp3) is 0.444. The molecule has 0 spiro atoms. The first kappa shape index (κ1) is 9.08. The summed E-state index contributed by atoms with van der Waals surface area (Å²) >= 11 is 0. The van der Waals surface area contributed by atoms with E-state index in [9.17, 15) is 0 Å². The van der Waals surface area contributed by atoms with Gasteiger partial charge in [-0.2, -0.15) is 0 Å². The van der Waals surface area contributed by atoms with E-state index in [0.717, 1.165) is 5.82 Å². The quantitative estimate of drug-likeness (QED) is 0.744. The Balaban J connectivity index is 2.64. The second-order valence-electron chi connectivity index (χ2n) is 3.90. The maximum Gasteiger partial charge on any atom is 0.254 e. The van der Waals surface area contributed by atoms with Crippen molar-refractivity contribution < 1.29 is 0 Å². The highest BCUT2D eigenvalue weighted by Gasteiger charge is 2.24. The number of fused-ring (bicyclic) bond motifs is 1. The molecule has 2 rings (SSSR count). The van der Waals surface area contributed by atoms with E-state index >= 15 is 0 Å². The Bertz CT molecular complexity index is 445. The summed E-state index contributed by atoms with van der Waals surface area (Å²) in [6.45, 7) is 4.61. The summed E-state index contributed by atoms with van der Waals surface area (Å²) in [5.74, 6) is 1.46. The first-order valence-corrected chi connectivity index (χ1v) is 4.51. The molecule has 0 atom stereocenters. The Labute approximate surface area is 82.0 Å². The van der Waals surface area contributed by atoms with Crippen molar-refractivity contribution in [1.29, 1.82) is 0 Å². The van der Waals surface area contributed by atoms with Crippen LogP contribution in [-0.4, -0.2) is 26.1 Å². The topological polar surface area (TPSA) is 69.1 Å². The Morgan fingerprint density at radius 1 is 1.43 bits per heavy atom. The van der Waals surface area contributed by atoms with Gasteiger partial charge in [-0.25, -0.2) is 4.98 Å². The Morgan fingerprint density at radius 3 is 2.93 bits per heavy atom. The predicted molar refractivity (Wildman–Crippen MR) is 52.9 cm³/mol. The molecule has 2 aromatic heterocycles. The second kappa shape index (κ2) is 3.02. The van der Waals surface area contributed by atoms with E-state index in [1.807, 2.05) is 30.5 Å². The summed E-state index contributed by atoms with van der Waals surface area (Å²) in [6, 6.07) is 1.85. The van der Waals surface area contributed by atoms with Crippen LogP contribution >= 0.6 is 0 Å². The van der Waals surface area contributed by atoms with Crippen LogP contribution in [0.1, 0.15) is 19.7 Å². The lowest BCUT2D eigenvalue weighted by Gasteiger charge is -2.19. The normalized spacial score (nSPS) is 12.2. The molecule has 0 saturated carbocycles. The van der Waals surface area contributed by atoms with Crippen molar-refractivity contribution in [3.05, 3.63) is 24.3 Å². The zero-order chi connectivity index (χ0) is 10.2. The van der Waals surface area contributed by atoms with Gasteiger partial charge in [0.05, 0.1) is 0 Å². The third-order valence-electron chi connectivity index (χ3n) is 2.30. The van der Waals surface area contributed by atoms with Gasteiger partial charge >= 0.3 is 0 Å². The van der Waals surface area contributed by atoms with Crippen molar-refractivity contribution in [3.63, 3.8) is 0 Å². The molecule has 5 heteroatoms. The standard InChI is InChI=1S/C9H13N5/c1-9(2,6-10)7-12-13-8-11-4-3-5-14(7)8/h3-5H,6,10H2,1-2H3. The maximum absolute atomic E-state index is 5.69. The van der Waals surface area contributed by atoms with Crippen LogP contribution in [0.4, 0.5) is 0 Å². The van der Waals surface area contributed by atoms with Gasteiger partial charge in [0.2, 0.25) is 0 Å². The first-order valence-electron chi connectivity index (χ1n) is 4.51.